The number of nitrogens with one attached hydrogen (secondary N) is 1. The molecule has 10 heteroatoms. The minimum Gasteiger partial charge on any atom is -0.489 e. The van der Waals surface area contributed by atoms with E-state index in [2.05, 4.69) is 45.3 Å². The van der Waals surface area contributed by atoms with Gasteiger partial charge >= 0.3 is 0 Å². The maximum absolute atomic E-state index is 15.9. The fourth-order valence-corrected chi connectivity index (χ4v) is 7.50. The molecule has 1 fully saturated rings. The van der Waals surface area contributed by atoms with Crippen LogP contribution in [0.15, 0.2) is 66.7 Å². The molecule has 1 aliphatic carbocycles. The zero-order valence-corrected chi connectivity index (χ0v) is 28.4. The molecule has 2 aliphatic rings. The van der Waals surface area contributed by atoms with E-state index in [9.17, 15) is 13.2 Å². The Labute approximate surface area is 277 Å². The molecular formula is C37H45FN4O4S. The standard InChI is InChI=1S/C37H45FN4O4S/c1-4-47(44,45)39-37(43)27-14-16-32-34(23-27)42-21-20-41(19-18-40(2)3)24-28-22-29(46-25-26-10-6-5-7-11-26)15-17-30(28)36(42)35(32)31-12-8-9-13-33(31)38/h5-7,10-11,14-17,22-23,31,33H,4,8-9,12-13,18-21,24-25H2,1-3H3,(H,39,43)/t31-,33-/m0/s1. The minimum absolute atomic E-state index is 0.193. The number of halogens is 1. The smallest absolute Gasteiger partial charge is 0.264 e. The maximum atomic E-state index is 15.9. The van der Waals surface area contributed by atoms with Gasteiger partial charge in [0.05, 0.1) is 11.4 Å². The summed E-state index contributed by atoms with van der Waals surface area (Å²) >= 11 is 0. The molecule has 1 aliphatic heterocycles. The number of carbonyl (C=O) groups excluding carboxylic acids is 1. The van der Waals surface area contributed by atoms with Crippen LogP contribution in [0.1, 0.15) is 65.6 Å². The van der Waals surface area contributed by atoms with Crippen LogP contribution in [0, 0.1) is 0 Å². The highest BCUT2D eigenvalue weighted by molar-refractivity contribution is 7.90. The van der Waals surface area contributed by atoms with Crippen molar-refractivity contribution >= 4 is 26.8 Å². The number of fused-ring (bicyclic) bond motifs is 5. The first-order chi connectivity index (χ1) is 22.6. The number of alkyl halides is 1. The van der Waals surface area contributed by atoms with Crippen molar-refractivity contribution in [3.63, 3.8) is 0 Å². The Morgan fingerprint density at radius 1 is 1.02 bits per heavy atom. The van der Waals surface area contributed by atoms with E-state index in [4.69, 9.17) is 4.74 Å². The molecule has 1 amide bonds. The summed E-state index contributed by atoms with van der Waals surface area (Å²) in [4.78, 5) is 17.7. The van der Waals surface area contributed by atoms with E-state index < -0.39 is 22.1 Å². The monoisotopic (exact) mass is 660 g/mol. The molecule has 0 spiro atoms. The van der Waals surface area contributed by atoms with Gasteiger partial charge in [-0.3, -0.25) is 9.69 Å². The average Bonchev–Trinajstić information content (AvgIpc) is 3.37. The molecule has 0 saturated heterocycles. The Hall–Kier alpha value is -3.73. The number of hydrogen-bond acceptors (Lipinski definition) is 6. The van der Waals surface area contributed by atoms with Gasteiger partial charge in [-0.05, 0) is 80.9 Å². The number of ether oxygens (including phenoxy) is 1. The summed E-state index contributed by atoms with van der Waals surface area (Å²) in [6, 6.07) is 21.7. The lowest BCUT2D eigenvalue weighted by atomic mass is 9.80. The van der Waals surface area contributed by atoms with Gasteiger partial charge in [-0.2, -0.15) is 0 Å². The summed E-state index contributed by atoms with van der Waals surface area (Å²) in [7, 11) is 0.406. The van der Waals surface area contributed by atoms with Crippen LogP contribution in [-0.2, 0) is 29.7 Å². The van der Waals surface area contributed by atoms with E-state index in [1.807, 2.05) is 42.5 Å². The maximum Gasteiger partial charge on any atom is 0.264 e. The molecule has 3 aromatic carbocycles. The van der Waals surface area contributed by atoms with Gasteiger partial charge < -0.3 is 14.2 Å². The second kappa shape index (κ2) is 14.2. The van der Waals surface area contributed by atoms with Gasteiger partial charge in [0.15, 0.2) is 0 Å². The number of nitrogens with zero attached hydrogens (tertiary/aromatic N) is 3. The molecule has 8 nitrogen and oxygen atoms in total. The van der Waals surface area contributed by atoms with Crippen molar-refractivity contribution in [2.75, 3.05) is 39.5 Å². The predicted molar refractivity (Wildman–Crippen MR) is 185 cm³/mol. The molecule has 250 valence electrons. The van der Waals surface area contributed by atoms with Crippen molar-refractivity contribution in [3.05, 3.63) is 89.0 Å². The first-order valence-electron chi connectivity index (χ1n) is 16.7. The number of aromatic nitrogens is 1. The summed E-state index contributed by atoms with van der Waals surface area (Å²) in [5.74, 6) is -0.344. The van der Waals surface area contributed by atoms with Crippen LogP contribution in [0.5, 0.6) is 5.75 Å². The number of sulfonamides is 1. The van der Waals surface area contributed by atoms with Crippen LogP contribution in [0.4, 0.5) is 4.39 Å². The van der Waals surface area contributed by atoms with Crippen LogP contribution in [-0.4, -0.2) is 74.3 Å². The zero-order valence-electron chi connectivity index (χ0n) is 27.5. The highest BCUT2D eigenvalue weighted by atomic mass is 32.2. The number of hydrogen-bond donors (Lipinski definition) is 1. The first kappa shape index (κ1) is 33.2. The topological polar surface area (TPSA) is 83.9 Å². The van der Waals surface area contributed by atoms with Crippen LogP contribution in [0.2, 0.25) is 0 Å². The van der Waals surface area contributed by atoms with Crippen molar-refractivity contribution in [3.8, 4) is 17.0 Å². The van der Waals surface area contributed by atoms with Gasteiger partial charge in [0.2, 0.25) is 10.0 Å². The van der Waals surface area contributed by atoms with Gasteiger partial charge in [0.1, 0.15) is 18.5 Å². The first-order valence-corrected chi connectivity index (χ1v) is 18.3. The average molecular weight is 661 g/mol. The Balaban J connectivity index is 1.50. The zero-order chi connectivity index (χ0) is 33.1. The molecular weight excluding hydrogens is 615 g/mol. The second-order valence-corrected chi connectivity index (χ2v) is 15.1. The highest BCUT2D eigenvalue weighted by Crippen LogP contribution is 2.47. The Kier molecular flexibility index (Phi) is 10.0. The van der Waals surface area contributed by atoms with Crippen LogP contribution < -0.4 is 9.46 Å². The van der Waals surface area contributed by atoms with Gasteiger partial charge in [-0.1, -0.05) is 49.2 Å². The Morgan fingerprint density at radius 2 is 1.81 bits per heavy atom. The number of carbonyl (C=O) groups is 1. The summed E-state index contributed by atoms with van der Waals surface area (Å²) < 4.78 is 51.1. The molecule has 1 aromatic heterocycles. The van der Waals surface area contributed by atoms with Crippen LogP contribution in [0.25, 0.3) is 22.2 Å². The number of likely N-dealkylation sites (N-methyl/N-ethyl adjacent to an activating group) is 1. The summed E-state index contributed by atoms with van der Waals surface area (Å²) in [5, 5.41) is 0.918. The van der Waals surface area contributed by atoms with Crippen molar-refractivity contribution in [1.82, 2.24) is 19.1 Å². The molecule has 0 bridgehead atoms. The minimum atomic E-state index is -3.73. The van der Waals surface area contributed by atoms with E-state index in [1.54, 1.807) is 12.1 Å². The molecule has 0 radical (unpaired) electrons. The van der Waals surface area contributed by atoms with Gasteiger partial charge in [0.25, 0.3) is 5.91 Å². The second-order valence-electron chi connectivity index (χ2n) is 13.1. The quantitative estimate of drug-likeness (QED) is 0.214. The molecule has 2 atom stereocenters. The summed E-state index contributed by atoms with van der Waals surface area (Å²) in [6.07, 6.45) is 2.16. The number of benzene rings is 3. The fraction of sp³-hybridized carbons (Fsp3) is 0.432. The molecule has 0 unspecified atom stereocenters. The lowest BCUT2D eigenvalue weighted by Gasteiger charge is -2.31. The molecule has 2 heterocycles. The molecule has 6 rings (SSSR count). The van der Waals surface area contributed by atoms with Crippen molar-refractivity contribution in [1.29, 1.82) is 0 Å². The van der Waals surface area contributed by atoms with Gasteiger partial charge in [-0.25, -0.2) is 17.5 Å². The van der Waals surface area contributed by atoms with E-state index in [1.165, 1.54) is 6.92 Å². The lowest BCUT2D eigenvalue weighted by Crippen LogP contribution is -2.35. The van der Waals surface area contributed by atoms with Gasteiger partial charge in [-0.15, -0.1) is 0 Å². The van der Waals surface area contributed by atoms with Crippen LogP contribution >= 0.6 is 0 Å². The summed E-state index contributed by atoms with van der Waals surface area (Å²) in [5.41, 5.74) is 6.30. The largest absolute Gasteiger partial charge is 0.489 e. The third-order valence-electron chi connectivity index (χ3n) is 9.52. The van der Waals surface area contributed by atoms with Gasteiger partial charge in [0, 0.05) is 60.7 Å². The number of rotatable bonds is 10. The van der Waals surface area contributed by atoms with E-state index in [0.29, 0.717) is 19.6 Å². The van der Waals surface area contributed by atoms with Crippen molar-refractivity contribution in [2.45, 2.75) is 64.4 Å². The third-order valence-corrected chi connectivity index (χ3v) is 10.8. The third kappa shape index (κ3) is 7.40. The van der Waals surface area contributed by atoms with E-state index >= 15 is 4.39 Å². The van der Waals surface area contributed by atoms with E-state index in [0.717, 1.165) is 90.0 Å². The Bertz CT molecular complexity index is 1840. The normalized spacial score (nSPS) is 18.7. The predicted octanol–water partition coefficient (Wildman–Crippen LogP) is 6.34. The molecule has 4 aromatic rings. The highest BCUT2D eigenvalue weighted by Gasteiger charge is 2.34. The SMILES string of the molecule is CCS(=O)(=O)NC(=O)c1ccc2c([C@H]3CCCC[C@@H]3F)c3n(c2c1)CCN(CCN(C)C)Cc1cc(OCc2ccccc2)ccc1-3. The Morgan fingerprint density at radius 3 is 2.55 bits per heavy atom. The van der Waals surface area contributed by atoms with Crippen LogP contribution in [0.3, 0.4) is 0 Å². The molecule has 1 saturated carbocycles. The van der Waals surface area contributed by atoms with E-state index in [-0.39, 0.29) is 17.2 Å². The molecule has 1 N–H and O–H groups in total. The van der Waals surface area contributed by atoms with Crippen molar-refractivity contribution in [2.24, 2.45) is 0 Å². The lowest BCUT2D eigenvalue weighted by molar-refractivity contribution is 0.0981. The fourth-order valence-electron chi connectivity index (χ4n) is 6.95. The summed E-state index contributed by atoms with van der Waals surface area (Å²) in [6.45, 7) is 5.83. The van der Waals surface area contributed by atoms with Crippen molar-refractivity contribution < 1.29 is 22.3 Å². The number of amides is 1. The molecule has 47 heavy (non-hydrogen) atoms.